The number of halogens is 8. The van der Waals surface area contributed by atoms with Crippen molar-refractivity contribution in [3.63, 3.8) is 0 Å². The number of rotatable bonds is 11. The number of benzene rings is 2. The van der Waals surface area contributed by atoms with Gasteiger partial charge in [0.2, 0.25) is 0 Å². The predicted octanol–water partition coefficient (Wildman–Crippen LogP) is 5.77. The number of piperidine rings is 1. The van der Waals surface area contributed by atoms with Gasteiger partial charge in [-0.25, -0.2) is 0 Å². The van der Waals surface area contributed by atoms with Gasteiger partial charge in [-0.2, -0.15) is 26.3 Å². The maximum absolute atomic E-state index is 13.3. The van der Waals surface area contributed by atoms with Crippen molar-refractivity contribution < 1.29 is 40.7 Å². The highest BCUT2D eigenvalue weighted by atomic mass is 35.5. The molecule has 1 aliphatic heterocycles. The van der Waals surface area contributed by atoms with Crippen LogP contribution in [0.25, 0.3) is 0 Å². The van der Waals surface area contributed by atoms with Gasteiger partial charge in [0.15, 0.2) is 0 Å². The molecule has 1 heterocycles. The first-order valence-corrected chi connectivity index (χ1v) is 14.5. The third-order valence-corrected chi connectivity index (χ3v) is 8.21. The maximum atomic E-state index is 13.3. The zero-order valence-corrected chi connectivity index (χ0v) is 25.2. The standard InChI is InChI=1S/C29H32Cl2F6N4O3/c1-39(25(42)19-5-3-2-4-6-19)18-21(20-7-8-23(30)24(31)17-20)9-13-40-14-10-22(11-15-40)41(27(44)29(35,36)37)16-12-38-26(43)28(32,33)34/h2-8,17,21-22H,9-16,18H2,1H3,(H,38,43)/t21-/m1/s1. The van der Waals surface area contributed by atoms with Crippen molar-refractivity contribution >= 4 is 40.9 Å². The summed E-state index contributed by atoms with van der Waals surface area (Å²) in [5.74, 6) is -4.79. The first-order valence-electron chi connectivity index (χ1n) is 13.8. The van der Waals surface area contributed by atoms with Crippen LogP contribution in [-0.2, 0) is 9.59 Å². The summed E-state index contributed by atoms with van der Waals surface area (Å²) in [6.07, 6.45) is -9.55. The van der Waals surface area contributed by atoms with Crippen LogP contribution in [-0.4, -0.2) is 97.1 Å². The topological polar surface area (TPSA) is 73.0 Å². The van der Waals surface area contributed by atoms with Crippen molar-refractivity contribution in [1.82, 2.24) is 20.0 Å². The summed E-state index contributed by atoms with van der Waals surface area (Å²) in [5.41, 5.74) is 1.38. The first-order chi connectivity index (χ1) is 20.6. The lowest BCUT2D eigenvalue weighted by Gasteiger charge is -2.39. The number of nitrogens with one attached hydrogen (secondary N) is 1. The zero-order valence-electron chi connectivity index (χ0n) is 23.7. The Morgan fingerprint density at radius 2 is 1.59 bits per heavy atom. The molecule has 3 amide bonds. The summed E-state index contributed by atoms with van der Waals surface area (Å²) in [5, 5.41) is 2.25. The molecule has 3 rings (SSSR count). The van der Waals surface area contributed by atoms with Crippen LogP contribution in [0.4, 0.5) is 26.3 Å². The average Bonchev–Trinajstić information content (AvgIpc) is 2.97. The Labute approximate surface area is 261 Å². The quantitative estimate of drug-likeness (QED) is 0.309. The number of nitrogens with zero attached hydrogens (tertiary/aromatic N) is 3. The smallest absolute Gasteiger partial charge is 0.346 e. The summed E-state index contributed by atoms with van der Waals surface area (Å²) in [7, 11) is 1.69. The van der Waals surface area contributed by atoms with Crippen molar-refractivity contribution in [3.8, 4) is 0 Å². The van der Waals surface area contributed by atoms with Crippen molar-refractivity contribution in [2.75, 3.05) is 46.3 Å². The molecule has 1 fully saturated rings. The lowest BCUT2D eigenvalue weighted by Crippen LogP contribution is -2.53. The number of likely N-dealkylation sites (N-methyl/N-ethyl adjacent to an activating group) is 1. The molecule has 1 aliphatic rings. The van der Waals surface area contributed by atoms with Crippen molar-refractivity contribution in [1.29, 1.82) is 0 Å². The number of hydrogen-bond acceptors (Lipinski definition) is 4. The van der Waals surface area contributed by atoms with E-state index in [1.807, 2.05) is 17.0 Å². The largest absolute Gasteiger partial charge is 0.471 e. The monoisotopic (exact) mass is 668 g/mol. The second kappa shape index (κ2) is 15.3. The van der Waals surface area contributed by atoms with E-state index in [4.69, 9.17) is 23.2 Å². The summed E-state index contributed by atoms with van der Waals surface area (Å²) in [4.78, 5) is 40.3. The number of hydrogen-bond donors (Lipinski definition) is 1. The fourth-order valence-corrected chi connectivity index (χ4v) is 5.45. The highest BCUT2D eigenvalue weighted by molar-refractivity contribution is 6.42. The van der Waals surface area contributed by atoms with Crippen LogP contribution in [0.15, 0.2) is 48.5 Å². The average molecular weight is 669 g/mol. The maximum Gasteiger partial charge on any atom is 0.471 e. The highest BCUT2D eigenvalue weighted by Gasteiger charge is 2.45. The van der Waals surface area contributed by atoms with E-state index in [9.17, 15) is 40.7 Å². The van der Waals surface area contributed by atoms with Crippen LogP contribution in [0.2, 0.25) is 10.0 Å². The summed E-state index contributed by atoms with van der Waals surface area (Å²) >= 11 is 12.4. The summed E-state index contributed by atoms with van der Waals surface area (Å²) in [6, 6.07) is 13.1. The minimum absolute atomic E-state index is 0.152. The van der Waals surface area contributed by atoms with Gasteiger partial charge in [-0.05, 0) is 55.6 Å². The van der Waals surface area contributed by atoms with Crippen LogP contribution in [0.1, 0.15) is 41.1 Å². The molecule has 1 saturated heterocycles. The van der Waals surface area contributed by atoms with E-state index < -0.39 is 43.3 Å². The van der Waals surface area contributed by atoms with E-state index in [0.717, 1.165) is 5.56 Å². The van der Waals surface area contributed by atoms with Gasteiger partial charge in [0, 0.05) is 57.3 Å². The fourth-order valence-electron chi connectivity index (χ4n) is 5.14. The summed E-state index contributed by atoms with van der Waals surface area (Å²) < 4.78 is 77.3. The molecule has 0 unspecified atom stereocenters. The normalized spacial score (nSPS) is 15.5. The Balaban J connectivity index is 1.64. The van der Waals surface area contributed by atoms with Gasteiger partial charge in [0.1, 0.15) is 0 Å². The number of carbonyl (C=O) groups is 3. The van der Waals surface area contributed by atoms with E-state index in [0.29, 0.717) is 53.1 Å². The molecule has 0 saturated carbocycles. The fraction of sp³-hybridized carbons (Fsp3) is 0.483. The van der Waals surface area contributed by atoms with Gasteiger partial charge in [-0.1, -0.05) is 47.5 Å². The second-order valence-electron chi connectivity index (χ2n) is 10.5. The minimum Gasteiger partial charge on any atom is -0.346 e. The minimum atomic E-state index is -5.22. The Morgan fingerprint density at radius 1 is 0.955 bits per heavy atom. The first kappa shape index (κ1) is 35.4. The molecule has 1 atom stereocenters. The molecule has 0 radical (unpaired) electrons. The van der Waals surface area contributed by atoms with E-state index in [-0.39, 0.29) is 24.7 Å². The van der Waals surface area contributed by atoms with Gasteiger partial charge in [-0.3, -0.25) is 14.4 Å². The molecule has 2 aromatic rings. The molecular formula is C29H32Cl2F6N4O3. The molecule has 0 aromatic heterocycles. The van der Waals surface area contributed by atoms with Crippen LogP contribution in [0.3, 0.4) is 0 Å². The van der Waals surface area contributed by atoms with Crippen LogP contribution in [0, 0.1) is 0 Å². The number of alkyl halides is 6. The molecule has 242 valence electrons. The van der Waals surface area contributed by atoms with E-state index in [1.54, 1.807) is 48.3 Å². The molecule has 44 heavy (non-hydrogen) atoms. The van der Waals surface area contributed by atoms with Crippen molar-refractivity contribution in [3.05, 3.63) is 69.7 Å². The number of carbonyl (C=O) groups excluding carboxylic acids is 3. The van der Waals surface area contributed by atoms with Gasteiger partial charge >= 0.3 is 24.2 Å². The predicted molar refractivity (Wildman–Crippen MR) is 154 cm³/mol. The van der Waals surface area contributed by atoms with Gasteiger partial charge in [0.05, 0.1) is 10.0 Å². The Morgan fingerprint density at radius 3 is 2.16 bits per heavy atom. The van der Waals surface area contributed by atoms with Gasteiger partial charge in [0.25, 0.3) is 5.91 Å². The Kier molecular flexibility index (Phi) is 12.3. The molecule has 0 bridgehead atoms. The van der Waals surface area contributed by atoms with Crippen molar-refractivity contribution in [2.24, 2.45) is 0 Å². The van der Waals surface area contributed by atoms with Crippen LogP contribution < -0.4 is 5.32 Å². The number of likely N-dealkylation sites (tertiary alicyclic amines) is 1. The zero-order chi connectivity index (χ0) is 32.7. The lowest BCUT2D eigenvalue weighted by molar-refractivity contribution is -0.189. The van der Waals surface area contributed by atoms with E-state index in [2.05, 4.69) is 0 Å². The molecule has 7 nitrogen and oxygen atoms in total. The second-order valence-corrected chi connectivity index (χ2v) is 11.3. The Hall–Kier alpha value is -3.03. The SMILES string of the molecule is CN(C[C@@H](CCN1CCC(N(CCNC(=O)C(F)(F)F)C(=O)C(F)(F)F)CC1)c1ccc(Cl)c(Cl)c1)C(=O)c1ccccc1. The molecule has 1 N–H and O–H groups in total. The molecule has 0 spiro atoms. The summed E-state index contributed by atoms with van der Waals surface area (Å²) in [6.45, 7) is 0.0225. The van der Waals surface area contributed by atoms with Crippen LogP contribution in [0.5, 0.6) is 0 Å². The Bertz CT molecular complexity index is 1290. The number of amides is 3. The molecule has 15 heteroatoms. The van der Waals surface area contributed by atoms with E-state index >= 15 is 0 Å². The highest BCUT2D eigenvalue weighted by Crippen LogP contribution is 2.30. The van der Waals surface area contributed by atoms with Gasteiger partial charge in [-0.15, -0.1) is 0 Å². The van der Waals surface area contributed by atoms with E-state index in [1.165, 1.54) is 5.32 Å². The third-order valence-electron chi connectivity index (χ3n) is 7.47. The lowest BCUT2D eigenvalue weighted by atomic mass is 9.93. The molecular weight excluding hydrogens is 637 g/mol. The van der Waals surface area contributed by atoms with Crippen LogP contribution >= 0.6 is 23.2 Å². The molecule has 2 aromatic carbocycles. The van der Waals surface area contributed by atoms with Gasteiger partial charge < -0.3 is 20.0 Å². The third kappa shape index (κ3) is 10.00. The van der Waals surface area contributed by atoms with Crippen molar-refractivity contribution in [2.45, 2.75) is 43.6 Å². The molecule has 0 aliphatic carbocycles.